The van der Waals surface area contributed by atoms with Crippen molar-refractivity contribution in [3.63, 3.8) is 0 Å². The predicted octanol–water partition coefficient (Wildman–Crippen LogP) is 2.03. The molecule has 190 valence electrons. The number of rotatable bonds is 9. The summed E-state index contributed by atoms with van der Waals surface area (Å²) in [5.41, 5.74) is 8.17. The number of hydrogen-bond donors (Lipinski definition) is 4. The fourth-order valence-electron chi connectivity index (χ4n) is 3.75. The first-order valence-electron chi connectivity index (χ1n) is 11.5. The highest BCUT2D eigenvalue weighted by Crippen LogP contribution is 2.28. The molecule has 36 heavy (non-hydrogen) atoms. The Labute approximate surface area is 213 Å². The van der Waals surface area contributed by atoms with E-state index in [2.05, 4.69) is 25.8 Å². The van der Waals surface area contributed by atoms with Crippen LogP contribution in [0.15, 0.2) is 42.6 Å². The molecule has 3 heterocycles. The molecule has 5 N–H and O–H groups in total. The third kappa shape index (κ3) is 6.51. The molecule has 1 aliphatic heterocycles. The molecule has 1 fully saturated rings. The molecule has 1 aliphatic rings. The van der Waals surface area contributed by atoms with E-state index in [-0.39, 0.29) is 24.5 Å². The summed E-state index contributed by atoms with van der Waals surface area (Å²) in [7, 11) is 1.69. The molecule has 11 nitrogen and oxygen atoms in total. The minimum Gasteiger partial charge on any atom is -0.491 e. The number of nitrogens with two attached hydrogens (primary N) is 1. The van der Waals surface area contributed by atoms with Crippen molar-refractivity contribution in [2.24, 2.45) is 0 Å². The summed E-state index contributed by atoms with van der Waals surface area (Å²) in [5.74, 6) is 0.562. The lowest BCUT2D eigenvalue weighted by Gasteiger charge is -2.32. The van der Waals surface area contributed by atoms with Crippen LogP contribution < -0.4 is 21.1 Å². The number of ether oxygens (including phenoxy) is 2. The first-order chi connectivity index (χ1) is 17.4. The molecule has 0 spiro atoms. The van der Waals surface area contributed by atoms with Crippen molar-refractivity contribution in [1.29, 1.82) is 0 Å². The van der Waals surface area contributed by atoms with Gasteiger partial charge >= 0.3 is 0 Å². The van der Waals surface area contributed by atoms with Gasteiger partial charge in [0.05, 0.1) is 43.2 Å². The first kappa shape index (κ1) is 25.4. The first-order valence-corrected chi connectivity index (χ1v) is 11.8. The van der Waals surface area contributed by atoms with Gasteiger partial charge in [0.25, 0.3) is 5.91 Å². The zero-order chi connectivity index (χ0) is 25.5. The number of pyridine rings is 1. The number of morpholine rings is 1. The van der Waals surface area contributed by atoms with E-state index in [9.17, 15) is 9.59 Å². The van der Waals surface area contributed by atoms with E-state index in [4.69, 9.17) is 26.8 Å². The topological polar surface area (TPSA) is 147 Å². The number of amides is 2. The Balaban J connectivity index is 1.33. The summed E-state index contributed by atoms with van der Waals surface area (Å²) in [4.78, 5) is 30.5. The maximum atomic E-state index is 12.8. The molecular formula is C24H28ClN7O4. The Hall–Kier alpha value is -3.67. The molecule has 2 amide bonds. The molecule has 1 atom stereocenters. The quantitative estimate of drug-likeness (QED) is 0.340. The minimum atomic E-state index is -0.347. The fourth-order valence-corrected chi connectivity index (χ4v) is 3.92. The third-order valence-corrected chi connectivity index (χ3v) is 5.78. The summed E-state index contributed by atoms with van der Waals surface area (Å²) in [5, 5.41) is 13.5. The van der Waals surface area contributed by atoms with Gasteiger partial charge < -0.3 is 30.7 Å². The van der Waals surface area contributed by atoms with Crippen molar-refractivity contribution >= 4 is 34.9 Å². The summed E-state index contributed by atoms with van der Waals surface area (Å²) in [6, 6.07) is 10.2. The maximum absolute atomic E-state index is 12.8. The molecule has 0 bridgehead atoms. The molecule has 12 heteroatoms. The molecule has 0 saturated carbocycles. The van der Waals surface area contributed by atoms with E-state index >= 15 is 0 Å². The van der Waals surface area contributed by atoms with Gasteiger partial charge in [-0.25, -0.2) is 4.98 Å². The monoisotopic (exact) mass is 513 g/mol. The van der Waals surface area contributed by atoms with Crippen molar-refractivity contribution in [2.45, 2.75) is 12.5 Å². The number of hydrogen-bond acceptors (Lipinski definition) is 8. The van der Waals surface area contributed by atoms with Gasteiger partial charge in [-0.3, -0.25) is 14.7 Å². The standard InChI is InChI=1S/C24H28ClN7O4/c1-27-13-23(33)29-18-10-16(25)3-4-20(18)35-8-6-17-11-19(31-30-17)21-14-32(7-9-36-21)24(34)15-2-5-22(26)28-12-15/h2-5,10-12,21,27H,6-9,13-14H2,1H3,(H2,26,28)(H,29,33)(H,30,31)/t21-/m0/s1. The second-order valence-corrected chi connectivity index (χ2v) is 8.65. The summed E-state index contributed by atoms with van der Waals surface area (Å²) >= 11 is 6.07. The van der Waals surface area contributed by atoms with Crippen LogP contribution in [0.5, 0.6) is 5.75 Å². The summed E-state index contributed by atoms with van der Waals surface area (Å²) < 4.78 is 11.8. The second-order valence-electron chi connectivity index (χ2n) is 8.22. The van der Waals surface area contributed by atoms with Crippen molar-refractivity contribution in [2.75, 3.05) is 50.9 Å². The zero-order valence-electron chi connectivity index (χ0n) is 19.8. The van der Waals surface area contributed by atoms with E-state index < -0.39 is 0 Å². The number of likely N-dealkylation sites (N-methyl/N-ethyl adjacent to an activating group) is 1. The van der Waals surface area contributed by atoms with Gasteiger partial charge in [0.2, 0.25) is 5.91 Å². The molecule has 4 rings (SSSR count). The molecule has 0 aliphatic carbocycles. The largest absolute Gasteiger partial charge is 0.491 e. The number of carbonyl (C=O) groups is 2. The van der Waals surface area contributed by atoms with Crippen molar-refractivity contribution < 1.29 is 19.1 Å². The third-order valence-electron chi connectivity index (χ3n) is 5.55. The SMILES string of the molecule is CNCC(=O)Nc1cc(Cl)ccc1OCCc1cc([C@@H]2CN(C(=O)c3ccc(N)nc3)CCO2)n[nH]1. The maximum Gasteiger partial charge on any atom is 0.255 e. The van der Waals surface area contributed by atoms with Gasteiger partial charge in [-0.1, -0.05) is 11.6 Å². The normalized spacial score (nSPS) is 15.5. The second kappa shape index (κ2) is 11.8. The van der Waals surface area contributed by atoms with E-state index in [0.29, 0.717) is 66.3 Å². The number of nitrogens with zero attached hydrogens (tertiary/aromatic N) is 3. The Kier molecular flexibility index (Phi) is 8.36. The van der Waals surface area contributed by atoms with Gasteiger partial charge in [0.15, 0.2) is 0 Å². The van der Waals surface area contributed by atoms with Crippen LogP contribution in [0.25, 0.3) is 0 Å². The highest BCUT2D eigenvalue weighted by molar-refractivity contribution is 6.31. The molecular weight excluding hydrogens is 486 g/mol. The van der Waals surface area contributed by atoms with Crippen molar-refractivity contribution in [3.8, 4) is 5.75 Å². The predicted molar refractivity (Wildman–Crippen MR) is 135 cm³/mol. The molecule has 1 aromatic carbocycles. The smallest absolute Gasteiger partial charge is 0.255 e. The van der Waals surface area contributed by atoms with Crippen LogP contribution in [-0.4, -0.2) is 71.8 Å². The van der Waals surface area contributed by atoms with Gasteiger partial charge in [0.1, 0.15) is 17.7 Å². The highest BCUT2D eigenvalue weighted by Gasteiger charge is 2.28. The van der Waals surface area contributed by atoms with Gasteiger partial charge in [-0.2, -0.15) is 5.10 Å². The lowest BCUT2D eigenvalue weighted by molar-refractivity contribution is -0.115. The summed E-state index contributed by atoms with van der Waals surface area (Å²) in [6.45, 7) is 1.79. The molecule has 3 aromatic rings. The number of H-pyrrole nitrogens is 1. The van der Waals surface area contributed by atoms with Crippen LogP contribution in [0, 0.1) is 0 Å². The van der Waals surface area contributed by atoms with E-state index in [1.54, 1.807) is 42.3 Å². The number of carbonyl (C=O) groups excluding carboxylic acids is 2. The highest BCUT2D eigenvalue weighted by atomic mass is 35.5. The van der Waals surface area contributed by atoms with E-state index in [1.807, 2.05) is 6.07 Å². The van der Waals surface area contributed by atoms with Crippen molar-refractivity contribution in [1.82, 2.24) is 25.4 Å². The molecule has 2 aromatic heterocycles. The number of aromatic amines is 1. The van der Waals surface area contributed by atoms with Crippen LogP contribution in [0.3, 0.4) is 0 Å². The van der Waals surface area contributed by atoms with E-state index in [1.165, 1.54) is 6.20 Å². The zero-order valence-corrected chi connectivity index (χ0v) is 20.5. The number of aromatic nitrogens is 3. The van der Waals surface area contributed by atoms with Crippen LogP contribution in [0.4, 0.5) is 11.5 Å². The number of anilines is 2. The van der Waals surface area contributed by atoms with E-state index in [0.717, 1.165) is 5.69 Å². The molecule has 1 saturated heterocycles. The van der Waals surface area contributed by atoms with Crippen LogP contribution in [0.1, 0.15) is 27.8 Å². The number of benzene rings is 1. The Morgan fingerprint density at radius 1 is 1.31 bits per heavy atom. The fraction of sp³-hybridized carbons (Fsp3) is 0.333. The lowest BCUT2D eigenvalue weighted by Crippen LogP contribution is -2.42. The Morgan fingerprint density at radius 2 is 2.17 bits per heavy atom. The van der Waals surface area contributed by atoms with Gasteiger partial charge in [0, 0.05) is 29.9 Å². The number of halogens is 1. The summed E-state index contributed by atoms with van der Waals surface area (Å²) in [6.07, 6.45) is 1.68. The van der Waals surface area contributed by atoms with Crippen LogP contribution >= 0.6 is 11.6 Å². The molecule has 0 radical (unpaired) electrons. The van der Waals surface area contributed by atoms with Crippen LogP contribution in [-0.2, 0) is 16.0 Å². The van der Waals surface area contributed by atoms with Crippen LogP contribution in [0.2, 0.25) is 5.02 Å². The average molecular weight is 514 g/mol. The lowest BCUT2D eigenvalue weighted by atomic mass is 10.1. The number of nitrogen functional groups attached to an aromatic ring is 1. The number of nitrogens with one attached hydrogen (secondary N) is 3. The Morgan fingerprint density at radius 3 is 2.94 bits per heavy atom. The molecule has 0 unspecified atom stereocenters. The average Bonchev–Trinajstić information content (AvgIpc) is 3.35. The van der Waals surface area contributed by atoms with Gasteiger partial charge in [-0.15, -0.1) is 0 Å². The Bertz CT molecular complexity index is 1200. The minimum absolute atomic E-state index is 0.125. The van der Waals surface area contributed by atoms with Crippen molar-refractivity contribution in [3.05, 3.63) is 64.6 Å². The van der Waals surface area contributed by atoms with Gasteiger partial charge in [-0.05, 0) is 43.4 Å².